The van der Waals surface area contributed by atoms with Gasteiger partial charge in [-0.2, -0.15) is 0 Å². The number of nitrogens with zero attached hydrogens (tertiary/aromatic N) is 1. The number of rotatable bonds is 4. The van der Waals surface area contributed by atoms with Crippen molar-refractivity contribution in [3.05, 3.63) is 41.2 Å². The Bertz CT molecular complexity index is 648. The molecule has 114 valence electrons. The SMILES string of the molecule is [C-]#[N+]C(CC(=O)OC(C)(C)C)S(=O)(=O)c1ccc(C)cc1. The van der Waals surface area contributed by atoms with Gasteiger partial charge < -0.3 is 4.74 Å². The summed E-state index contributed by atoms with van der Waals surface area (Å²) in [5.74, 6) is -0.695. The van der Waals surface area contributed by atoms with E-state index in [1.165, 1.54) is 12.1 Å². The molecule has 0 saturated carbocycles. The minimum atomic E-state index is -3.87. The van der Waals surface area contributed by atoms with Crippen molar-refractivity contribution in [2.75, 3.05) is 0 Å². The fourth-order valence-electron chi connectivity index (χ4n) is 1.64. The monoisotopic (exact) mass is 309 g/mol. The lowest BCUT2D eigenvalue weighted by molar-refractivity contribution is -0.154. The van der Waals surface area contributed by atoms with Gasteiger partial charge >= 0.3 is 11.3 Å². The van der Waals surface area contributed by atoms with Crippen LogP contribution in [0.5, 0.6) is 0 Å². The van der Waals surface area contributed by atoms with Gasteiger partial charge in [-0.1, -0.05) is 17.7 Å². The first-order chi connectivity index (χ1) is 9.56. The smallest absolute Gasteiger partial charge is 0.335 e. The van der Waals surface area contributed by atoms with Crippen LogP contribution in [0.2, 0.25) is 0 Å². The number of esters is 1. The van der Waals surface area contributed by atoms with Crippen LogP contribution in [0, 0.1) is 13.5 Å². The number of aryl methyl sites for hydroxylation is 1. The summed E-state index contributed by atoms with van der Waals surface area (Å²) in [7, 11) is -3.87. The molecule has 0 fully saturated rings. The van der Waals surface area contributed by atoms with Gasteiger partial charge in [-0.05, 0) is 39.8 Å². The molecule has 0 aromatic heterocycles. The molecule has 0 spiro atoms. The zero-order chi connectivity index (χ0) is 16.3. The van der Waals surface area contributed by atoms with Crippen LogP contribution >= 0.6 is 0 Å². The molecular weight excluding hydrogens is 290 g/mol. The average molecular weight is 309 g/mol. The number of ether oxygens (including phenoxy) is 1. The molecule has 6 heteroatoms. The summed E-state index contributed by atoms with van der Waals surface area (Å²) in [6, 6.07) is 6.19. The van der Waals surface area contributed by atoms with Crippen molar-refractivity contribution in [2.24, 2.45) is 0 Å². The number of hydrogen-bond donors (Lipinski definition) is 0. The lowest BCUT2D eigenvalue weighted by Gasteiger charge is -2.19. The maximum absolute atomic E-state index is 12.4. The summed E-state index contributed by atoms with van der Waals surface area (Å²) in [6.07, 6.45) is -0.475. The molecule has 1 rings (SSSR count). The summed E-state index contributed by atoms with van der Waals surface area (Å²) in [4.78, 5) is 14.9. The molecule has 0 heterocycles. The van der Waals surface area contributed by atoms with Gasteiger partial charge in [-0.15, -0.1) is 0 Å². The maximum Gasteiger partial charge on any atom is 0.335 e. The molecule has 0 amide bonds. The Morgan fingerprint density at radius 2 is 1.81 bits per heavy atom. The molecule has 21 heavy (non-hydrogen) atoms. The van der Waals surface area contributed by atoms with Gasteiger partial charge in [0, 0.05) is 0 Å². The van der Waals surface area contributed by atoms with Gasteiger partial charge in [-0.25, -0.2) is 15.0 Å². The van der Waals surface area contributed by atoms with Crippen LogP contribution in [0.3, 0.4) is 0 Å². The zero-order valence-corrected chi connectivity index (χ0v) is 13.4. The second-order valence-electron chi connectivity index (χ2n) is 5.73. The van der Waals surface area contributed by atoms with Crippen molar-refractivity contribution < 1.29 is 17.9 Å². The van der Waals surface area contributed by atoms with E-state index in [-0.39, 0.29) is 4.90 Å². The third-order valence-electron chi connectivity index (χ3n) is 2.61. The van der Waals surface area contributed by atoms with Gasteiger partial charge in [0.15, 0.2) is 0 Å². The molecule has 1 unspecified atom stereocenters. The molecule has 0 aliphatic carbocycles. The molecule has 1 aromatic carbocycles. The van der Waals surface area contributed by atoms with Crippen LogP contribution in [0.25, 0.3) is 4.85 Å². The number of sulfone groups is 1. The molecule has 0 N–H and O–H groups in total. The quantitative estimate of drug-likeness (QED) is 0.633. The minimum Gasteiger partial charge on any atom is -0.460 e. The molecule has 1 aromatic rings. The second kappa shape index (κ2) is 6.27. The van der Waals surface area contributed by atoms with Crippen LogP contribution in [0.4, 0.5) is 0 Å². The third-order valence-corrected chi connectivity index (χ3v) is 4.53. The fraction of sp³-hybridized carbons (Fsp3) is 0.467. The summed E-state index contributed by atoms with van der Waals surface area (Å²) >= 11 is 0. The standard InChI is InChI=1S/C15H19NO4S/c1-11-6-8-12(9-7-11)21(18,19)13(16-5)10-14(17)20-15(2,3)4/h6-9,13H,10H2,1-4H3. The predicted octanol–water partition coefficient (Wildman–Crippen LogP) is 2.75. The topological polar surface area (TPSA) is 64.8 Å². The van der Waals surface area contributed by atoms with E-state index in [0.29, 0.717) is 0 Å². The van der Waals surface area contributed by atoms with Crippen molar-refractivity contribution >= 4 is 15.8 Å². The first-order valence-electron chi connectivity index (χ1n) is 6.45. The van der Waals surface area contributed by atoms with Gasteiger partial charge in [-0.3, -0.25) is 9.64 Å². The van der Waals surface area contributed by atoms with Crippen LogP contribution in [-0.2, 0) is 19.4 Å². The van der Waals surface area contributed by atoms with Crippen molar-refractivity contribution in [3.63, 3.8) is 0 Å². The second-order valence-corrected chi connectivity index (χ2v) is 7.84. The van der Waals surface area contributed by atoms with E-state index in [2.05, 4.69) is 4.85 Å². The maximum atomic E-state index is 12.4. The van der Waals surface area contributed by atoms with Crippen molar-refractivity contribution in [1.82, 2.24) is 0 Å². The van der Waals surface area contributed by atoms with E-state index in [0.717, 1.165) is 5.56 Å². The molecule has 5 nitrogen and oxygen atoms in total. The highest BCUT2D eigenvalue weighted by atomic mass is 32.2. The first kappa shape index (κ1) is 17.2. The Kier molecular flexibility index (Phi) is 5.13. The van der Waals surface area contributed by atoms with Crippen LogP contribution in [-0.4, -0.2) is 25.4 Å². The van der Waals surface area contributed by atoms with E-state index >= 15 is 0 Å². The minimum absolute atomic E-state index is 0.0395. The van der Waals surface area contributed by atoms with E-state index in [4.69, 9.17) is 11.3 Å². The van der Waals surface area contributed by atoms with Crippen molar-refractivity contribution in [1.29, 1.82) is 0 Å². The van der Waals surface area contributed by atoms with E-state index in [1.807, 2.05) is 6.92 Å². The number of hydrogen-bond acceptors (Lipinski definition) is 4. The molecular formula is C15H19NO4S. The van der Waals surface area contributed by atoms with Crippen molar-refractivity contribution in [3.8, 4) is 0 Å². The summed E-state index contributed by atoms with van der Waals surface area (Å²) in [5.41, 5.74) is 0.206. The van der Waals surface area contributed by atoms with Crippen molar-refractivity contribution in [2.45, 2.75) is 50.0 Å². The van der Waals surface area contributed by atoms with E-state index in [9.17, 15) is 13.2 Å². The average Bonchev–Trinajstić information content (AvgIpc) is 2.34. The number of benzene rings is 1. The normalized spacial score (nSPS) is 13.3. The molecule has 1 atom stereocenters. The van der Waals surface area contributed by atoms with Crippen LogP contribution in [0.1, 0.15) is 32.8 Å². The van der Waals surface area contributed by atoms with Gasteiger partial charge in [0.2, 0.25) is 0 Å². The molecule has 0 aliphatic rings. The predicted molar refractivity (Wildman–Crippen MR) is 79.2 cm³/mol. The van der Waals surface area contributed by atoms with E-state index in [1.54, 1.807) is 32.9 Å². The largest absolute Gasteiger partial charge is 0.460 e. The summed E-state index contributed by atoms with van der Waals surface area (Å²) in [5, 5.41) is -1.46. The zero-order valence-electron chi connectivity index (χ0n) is 12.6. The first-order valence-corrected chi connectivity index (χ1v) is 8.00. The van der Waals surface area contributed by atoms with Gasteiger partial charge in [0.25, 0.3) is 9.84 Å². The lowest BCUT2D eigenvalue weighted by atomic mass is 10.2. The van der Waals surface area contributed by atoms with Gasteiger partial charge in [0.05, 0.1) is 4.90 Å². The molecule has 0 bridgehead atoms. The highest BCUT2D eigenvalue weighted by molar-refractivity contribution is 7.92. The van der Waals surface area contributed by atoms with Gasteiger partial charge in [0.1, 0.15) is 12.0 Å². The Balaban J connectivity index is 2.97. The Hall–Kier alpha value is -1.87. The number of carbonyl (C=O) groups excluding carboxylic acids is 1. The Labute approximate surface area is 125 Å². The van der Waals surface area contributed by atoms with Crippen LogP contribution < -0.4 is 0 Å². The summed E-state index contributed by atoms with van der Waals surface area (Å²) < 4.78 is 29.8. The van der Waals surface area contributed by atoms with Crippen LogP contribution in [0.15, 0.2) is 29.2 Å². The Morgan fingerprint density at radius 1 is 1.29 bits per heavy atom. The fourth-order valence-corrected chi connectivity index (χ4v) is 2.96. The molecule has 0 saturated heterocycles. The number of carbonyl (C=O) groups is 1. The highest BCUT2D eigenvalue weighted by Crippen LogP contribution is 2.21. The molecule has 0 radical (unpaired) electrons. The lowest BCUT2D eigenvalue weighted by Crippen LogP contribution is -2.28. The highest BCUT2D eigenvalue weighted by Gasteiger charge is 2.36. The van der Waals surface area contributed by atoms with E-state index < -0.39 is 33.2 Å². The molecule has 0 aliphatic heterocycles. The summed E-state index contributed by atoms with van der Waals surface area (Å²) in [6.45, 7) is 14.0. The third kappa shape index (κ3) is 4.87. The Morgan fingerprint density at radius 3 is 2.24 bits per heavy atom.